The molecule has 1 aromatic heterocycles. The molecule has 4 N–H and O–H groups in total. The summed E-state index contributed by atoms with van der Waals surface area (Å²) in [4.78, 5) is 8.27. The first-order valence-corrected chi connectivity index (χ1v) is 7.35. The zero-order valence-electron chi connectivity index (χ0n) is 11.0. The van der Waals surface area contributed by atoms with Gasteiger partial charge in [0, 0.05) is 24.5 Å². The summed E-state index contributed by atoms with van der Waals surface area (Å²) in [5.74, 6) is 3.66. The van der Waals surface area contributed by atoms with Crippen molar-refractivity contribution in [1.82, 2.24) is 9.97 Å². The van der Waals surface area contributed by atoms with E-state index in [9.17, 15) is 0 Å². The molecule has 102 valence electrons. The highest BCUT2D eigenvalue weighted by atomic mass is 32.2. The fourth-order valence-electron chi connectivity index (χ4n) is 1.63. The Morgan fingerprint density at radius 1 is 1.39 bits per heavy atom. The van der Waals surface area contributed by atoms with Gasteiger partial charge in [0.15, 0.2) is 0 Å². The molecule has 0 aromatic carbocycles. The van der Waals surface area contributed by atoms with Crippen LogP contribution in [0.5, 0.6) is 0 Å². The summed E-state index contributed by atoms with van der Waals surface area (Å²) in [7, 11) is 0. The molecule has 0 aliphatic heterocycles. The molecule has 0 fully saturated rings. The summed E-state index contributed by atoms with van der Waals surface area (Å²) in [5, 5.41) is 12.0. The molecule has 0 spiro atoms. The summed E-state index contributed by atoms with van der Waals surface area (Å²) in [6.45, 7) is 5.26. The Bertz CT molecular complexity index is 360. The van der Waals surface area contributed by atoms with Crippen LogP contribution >= 0.6 is 11.8 Å². The van der Waals surface area contributed by atoms with Gasteiger partial charge in [0.2, 0.25) is 0 Å². The first-order chi connectivity index (χ1) is 8.66. The van der Waals surface area contributed by atoms with E-state index >= 15 is 0 Å². The quantitative estimate of drug-likeness (QED) is 0.624. The Morgan fingerprint density at radius 3 is 2.83 bits per heavy atom. The van der Waals surface area contributed by atoms with Crippen molar-refractivity contribution in [2.75, 3.05) is 35.7 Å². The number of aliphatic hydroxyl groups is 1. The molecule has 0 unspecified atom stereocenters. The van der Waals surface area contributed by atoms with E-state index in [1.165, 1.54) is 6.33 Å². The van der Waals surface area contributed by atoms with E-state index in [0.29, 0.717) is 11.7 Å². The Hall–Kier alpha value is -1.01. The van der Waals surface area contributed by atoms with E-state index in [1.54, 1.807) is 0 Å². The second-order valence-electron chi connectivity index (χ2n) is 4.29. The van der Waals surface area contributed by atoms with E-state index < -0.39 is 0 Å². The minimum absolute atomic E-state index is 0.264. The average Bonchev–Trinajstić information content (AvgIpc) is 2.33. The lowest BCUT2D eigenvalue weighted by Gasteiger charge is -2.14. The number of anilines is 2. The number of nitrogens with two attached hydrogens (primary N) is 1. The number of aliphatic hydroxyl groups excluding tert-OH is 1. The van der Waals surface area contributed by atoms with Crippen LogP contribution in [0, 0.1) is 0 Å². The zero-order valence-corrected chi connectivity index (χ0v) is 11.8. The SMILES string of the molecule is CC(C)c1c(N)ncnc1NCCSCCCO. The molecule has 5 nitrogen and oxygen atoms in total. The maximum atomic E-state index is 8.67. The second-order valence-corrected chi connectivity index (χ2v) is 5.52. The largest absolute Gasteiger partial charge is 0.396 e. The predicted molar refractivity (Wildman–Crippen MR) is 78.1 cm³/mol. The number of rotatable bonds is 8. The number of nitrogens with zero attached hydrogens (tertiary/aromatic N) is 2. The topological polar surface area (TPSA) is 84.1 Å². The van der Waals surface area contributed by atoms with Crippen LogP contribution in [-0.4, -0.2) is 39.7 Å². The van der Waals surface area contributed by atoms with Crippen LogP contribution in [0.1, 0.15) is 31.7 Å². The lowest BCUT2D eigenvalue weighted by molar-refractivity contribution is 0.296. The lowest BCUT2D eigenvalue weighted by atomic mass is 10.1. The monoisotopic (exact) mass is 270 g/mol. The first-order valence-electron chi connectivity index (χ1n) is 6.19. The fourth-order valence-corrected chi connectivity index (χ4v) is 2.41. The molecule has 0 radical (unpaired) electrons. The molecule has 0 aliphatic rings. The van der Waals surface area contributed by atoms with Crippen LogP contribution in [0.15, 0.2) is 6.33 Å². The Morgan fingerprint density at radius 2 is 2.17 bits per heavy atom. The van der Waals surface area contributed by atoms with Gasteiger partial charge in [0.05, 0.1) is 0 Å². The summed E-state index contributed by atoms with van der Waals surface area (Å²) in [5.41, 5.74) is 6.85. The van der Waals surface area contributed by atoms with Gasteiger partial charge >= 0.3 is 0 Å². The number of nitrogen functional groups attached to an aromatic ring is 1. The average molecular weight is 270 g/mol. The highest BCUT2D eigenvalue weighted by Gasteiger charge is 2.12. The molecule has 18 heavy (non-hydrogen) atoms. The third-order valence-corrected chi connectivity index (χ3v) is 3.55. The molecule has 1 aromatic rings. The number of aromatic nitrogens is 2. The van der Waals surface area contributed by atoms with Crippen LogP contribution in [0.2, 0.25) is 0 Å². The van der Waals surface area contributed by atoms with Crippen molar-refractivity contribution in [2.45, 2.75) is 26.2 Å². The summed E-state index contributed by atoms with van der Waals surface area (Å²) < 4.78 is 0. The van der Waals surface area contributed by atoms with Crippen LogP contribution < -0.4 is 11.1 Å². The van der Waals surface area contributed by atoms with E-state index in [-0.39, 0.29) is 6.61 Å². The molecular weight excluding hydrogens is 248 g/mol. The highest BCUT2D eigenvalue weighted by molar-refractivity contribution is 7.99. The molecule has 0 atom stereocenters. The van der Waals surface area contributed by atoms with Crippen molar-refractivity contribution in [1.29, 1.82) is 0 Å². The minimum Gasteiger partial charge on any atom is -0.396 e. The Kier molecular flexibility index (Phi) is 6.82. The smallest absolute Gasteiger partial charge is 0.135 e. The van der Waals surface area contributed by atoms with Gasteiger partial charge in [-0.25, -0.2) is 9.97 Å². The predicted octanol–water partition coefficient (Wildman–Crippen LogP) is 1.71. The van der Waals surface area contributed by atoms with Crippen LogP contribution in [0.25, 0.3) is 0 Å². The summed E-state index contributed by atoms with van der Waals surface area (Å²) >= 11 is 1.82. The van der Waals surface area contributed by atoms with Gasteiger partial charge in [-0.1, -0.05) is 13.8 Å². The molecule has 1 rings (SSSR count). The minimum atomic E-state index is 0.264. The van der Waals surface area contributed by atoms with Crippen LogP contribution in [0.3, 0.4) is 0 Å². The van der Waals surface area contributed by atoms with Crippen molar-refractivity contribution >= 4 is 23.4 Å². The molecular formula is C12H22N4OS. The summed E-state index contributed by atoms with van der Waals surface area (Å²) in [6, 6.07) is 0. The molecule has 0 saturated carbocycles. The maximum Gasteiger partial charge on any atom is 0.135 e. The van der Waals surface area contributed by atoms with Crippen molar-refractivity contribution in [3.63, 3.8) is 0 Å². The lowest BCUT2D eigenvalue weighted by Crippen LogP contribution is -2.12. The summed E-state index contributed by atoms with van der Waals surface area (Å²) in [6.07, 6.45) is 2.34. The first kappa shape index (κ1) is 15.0. The number of hydrogen-bond acceptors (Lipinski definition) is 6. The Balaban J connectivity index is 2.44. The molecule has 1 heterocycles. The van der Waals surface area contributed by atoms with Gasteiger partial charge in [-0.3, -0.25) is 0 Å². The normalized spacial score (nSPS) is 10.9. The van der Waals surface area contributed by atoms with Gasteiger partial charge in [0.1, 0.15) is 18.0 Å². The molecule has 0 aliphatic carbocycles. The van der Waals surface area contributed by atoms with Crippen molar-refractivity contribution in [2.24, 2.45) is 0 Å². The van der Waals surface area contributed by atoms with Gasteiger partial charge in [-0.15, -0.1) is 0 Å². The van der Waals surface area contributed by atoms with Gasteiger partial charge in [0.25, 0.3) is 0 Å². The number of hydrogen-bond donors (Lipinski definition) is 3. The maximum absolute atomic E-state index is 8.67. The third-order valence-electron chi connectivity index (χ3n) is 2.48. The van der Waals surface area contributed by atoms with Crippen LogP contribution in [-0.2, 0) is 0 Å². The molecule has 0 saturated heterocycles. The van der Waals surface area contributed by atoms with Gasteiger partial charge in [-0.2, -0.15) is 11.8 Å². The van der Waals surface area contributed by atoms with E-state index in [4.69, 9.17) is 10.8 Å². The van der Waals surface area contributed by atoms with Crippen molar-refractivity contribution in [3.8, 4) is 0 Å². The highest BCUT2D eigenvalue weighted by Crippen LogP contribution is 2.25. The third kappa shape index (κ3) is 4.70. The molecule has 0 amide bonds. The van der Waals surface area contributed by atoms with Crippen molar-refractivity contribution < 1.29 is 5.11 Å². The van der Waals surface area contributed by atoms with E-state index in [1.807, 2.05) is 11.8 Å². The zero-order chi connectivity index (χ0) is 13.4. The molecule has 6 heteroatoms. The fraction of sp³-hybridized carbons (Fsp3) is 0.667. The van der Waals surface area contributed by atoms with Gasteiger partial charge in [-0.05, 0) is 18.1 Å². The van der Waals surface area contributed by atoms with Gasteiger partial charge < -0.3 is 16.2 Å². The van der Waals surface area contributed by atoms with E-state index in [2.05, 4.69) is 29.1 Å². The van der Waals surface area contributed by atoms with Crippen molar-refractivity contribution in [3.05, 3.63) is 11.9 Å². The van der Waals surface area contributed by atoms with E-state index in [0.717, 1.165) is 35.9 Å². The molecule has 0 bridgehead atoms. The standard InChI is InChI=1S/C12H22N4OS/c1-9(2)10-11(13)15-8-16-12(10)14-4-7-18-6-3-5-17/h8-9,17H,3-7H2,1-2H3,(H3,13,14,15,16). The second kappa shape index (κ2) is 8.16. The number of nitrogens with one attached hydrogen (secondary N) is 1. The number of thioether (sulfide) groups is 1. The van der Waals surface area contributed by atoms with Crippen LogP contribution in [0.4, 0.5) is 11.6 Å². The Labute approximate surface area is 113 Å².